The topological polar surface area (TPSA) is 70.8 Å². The largest absolute Gasteiger partial charge is 0.464 e. The third-order valence-electron chi connectivity index (χ3n) is 5.95. The van der Waals surface area contributed by atoms with E-state index in [9.17, 15) is 14.4 Å². The Bertz CT molecular complexity index is 1220. The lowest BCUT2D eigenvalue weighted by molar-refractivity contribution is -0.140. The number of aryl methyl sites for hydroxylation is 1. The van der Waals surface area contributed by atoms with Crippen molar-refractivity contribution in [2.24, 2.45) is 0 Å². The molecule has 6 nitrogen and oxygen atoms in total. The van der Waals surface area contributed by atoms with Gasteiger partial charge >= 0.3 is 0 Å². The van der Waals surface area contributed by atoms with Gasteiger partial charge in [0, 0.05) is 19.5 Å². The maximum atomic E-state index is 13.5. The van der Waals surface area contributed by atoms with E-state index < -0.39 is 0 Å². The van der Waals surface area contributed by atoms with Crippen LogP contribution in [0.15, 0.2) is 76.7 Å². The summed E-state index contributed by atoms with van der Waals surface area (Å²) in [6, 6.07) is 15.1. The van der Waals surface area contributed by atoms with Crippen LogP contribution < -0.4 is 5.43 Å². The third-order valence-corrected chi connectivity index (χ3v) is 5.95. The van der Waals surface area contributed by atoms with E-state index in [-0.39, 0.29) is 30.3 Å². The standard InChI is InChI=1S/C29H34N2O4/c1-4-6-8-13-27(32)30(16-5-2)20-28(33)31(18-23-11-9-7-10-12-23)19-24-21-35-26-15-14-22(3)17-25(26)29(24)34/h5,7,9-12,14-15,17,21H,2,4,6,8,13,16,18-20H2,1,3H3. The number of unbranched alkanes of at least 4 members (excludes halogenated alkanes) is 2. The second-order valence-electron chi connectivity index (χ2n) is 8.85. The highest BCUT2D eigenvalue weighted by Crippen LogP contribution is 2.16. The number of amides is 2. The quantitative estimate of drug-likeness (QED) is 0.266. The van der Waals surface area contributed by atoms with Crippen LogP contribution in [0.1, 0.15) is 49.3 Å². The summed E-state index contributed by atoms with van der Waals surface area (Å²) in [6.45, 7) is 8.38. The first kappa shape index (κ1) is 25.9. The Morgan fingerprint density at radius 3 is 2.49 bits per heavy atom. The fraction of sp³-hybridized carbons (Fsp3) is 0.345. The number of fused-ring (bicyclic) bond motifs is 1. The molecule has 0 aliphatic carbocycles. The molecule has 2 amide bonds. The molecule has 184 valence electrons. The van der Waals surface area contributed by atoms with Gasteiger partial charge < -0.3 is 14.2 Å². The highest BCUT2D eigenvalue weighted by molar-refractivity contribution is 5.85. The number of rotatable bonds is 12. The lowest BCUT2D eigenvalue weighted by Gasteiger charge is -2.27. The van der Waals surface area contributed by atoms with Crippen molar-refractivity contribution in [2.45, 2.75) is 52.6 Å². The van der Waals surface area contributed by atoms with E-state index in [1.54, 1.807) is 23.1 Å². The van der Waals surface area contributed by atoms with E-state index in [0.717, 1.165) is 30.4 Å². The number of carbonyl (C=O) groups is 2. The summed E-state index contributed by atoms with van der Waals surface area (Å²) in [7, 11) is 0. The van der Waals surface area contributed by atoms with E-state index >= 15 is 0 Å². The molecule has 0 spiro atoms. The zero-order valence-electron chi connectivity index (χ0n) is 20.7. The molecule has 0 bridgehead atoms. The molecule has 3 aromatic rings. The van der Waals surface area contributed by atoms with Crippen LogP contribution in [0.2, 0.25) is 0 Å². The van der Waals surface area contributed by atoms with E-state index in [2.05, 4.69) is 13.5 Å². The molecular formula is C29H34N2O4. The number of carbonyl (C=O) groups excluding carboxylic acids is 2. The molecule has 3 rings (SSSR count). The van der Waals surface area contributed by atoms with Crippen LogP contribution >= 0.6 is 0 Å². The molecule has 6 heteroatoms. The average Bonchev–Trinajstić information content (AvgIpc) is 2.86. The molecule has 0 unspecified atom stereocenters. The molecule has 0 radical (unpaired) electrons. The normalized spacial score (nSPS) is 10.8. The molecule has 1 aromatic heterocycles. The molecule has 2 aromatic carbocycles. The number of hydrogen-bond donors (Lipinski definition) is 0. The zero-order valence-corrected chi connectivity index (χ0v) is 20.7. The van der Waals surface area contributed by atoms with Crippen LogP contribution in [0, 0.1) is 6.92 Å². The second kappa shape index (κ2) is 12.7. The van der Waals surface area contributed by atoms with Gasteiger partial charge in [-0.25, -0.2) is 0 Å². The smallest absolute Gasteiger partial charge is 0.242 e. The van der Waals surface area contributed by atoms with Gasteiger partial charge in [-0.1, -0.05) is 67.8 Å². The van der Waals surface area contributed by atoms with Gasteiger partial charge in [0.2, 0.25) is 11.8 Å². The minimum atomic E-state index is -0.233. The highest BCUT2D eigenvalue weighted by atomic mass is 16.3. The molecule has 0 saturated carbocycles. The molecule has 35 heavy (non-hydrogen) atoms. The van der Waals surface area contributed by atoms with Crippen molar-refractivity contribution in [3.05, 3.63) is 94.4 Å². The highest BCUT2D eigenvalue weighted by Gasteiger charge is 2.22. The van der Waals surface area contributed by atoms with Crippen LogP contribution in [0.4, 0.5) is 0 Å². The zero-order chi connectivity index (χ0) is 25.2. The van der Waals surface area contributed by atoms with Crippen molar-refractivity contribution in [1.82, 2.24) is 9.80 Å². The predicted octanol–water partition coefficient (Wildman–Crippen LogP) is 5.23. The van der Waals surface area contributed by atoms with Crippen molar-refractivity contribution >= 4 is 22.8 Å². The van der Waals surface area contributed by atoms with Gasteiger partial charge in [0.15, 0.2) is 5.43 Å². The van der Waals surface area contributed by atoms with Gasteiger partial charge in [0.1, 0.15) is 12.1 Å². The van der Waals surface area contributed by atoms with E-state index in [1.165, 1.54) is 11.2 Å². The van der Waals surface area contributed by atoms with Crippen molar-refractivity contribution in [3.63, 3.8) is 0 Å². The minimum absolute atomic E-state index is 0.0629. The van der Waals surface area contributed by atoms with Gasteiger partial charge in [0.05, 0.1) is 23.8 Å². The average molecular weight is 475 g/mol. The van der Waals surface area contributed by atoms with E-state index in [4.69, 9.17) is 4.42 Å². The molecule has 0 atom stereocenters. The summed E-state index contributed by atoms with van der Waals surface area (Å²) in [5.74, 6) is -0.296. The van der Waals surface area contributed by atoms with Crippen molar-refractivity contribution in [1.29, 1.82) is 0 Å². The predicted molar refractivity (Wildman–Crippen MR) is 139 cm³/mol. The van der Waals surface area contributed by atoms with Gasteiger partial charge in [-0.15, -0.1) is 6.58 Å². The molecule has 0 saturated heterocycles. The SMILES string of the molecule is C=CCN(CC(=O)N(Cc1ccccc1)Cc1coc2ccc(C)cc2c1=O)C(=O)CCCCC. The van der Waals surface area contributed by atoms with Crippen molar-refractivity contribution in [2.75, 3.05) is 13.1 Å². The first-order valence-electron chi connectivity index (χ1n) is 12.1. The minimum Gasteiger partial charge on any atom is -0.464 e. The summed E-state index contributed by atoms with van der Waals surface area (Å²) in [4.78, 5) is 42.6. The van der Waals surface area contributed by atoms with Crippen molar-refractivity contribution < 1.29 is 14.0 Å². The number of nitrogens with zero attached hydrogens (tertiary/aromatic N) is 2. The number of benzene rings is 2. The molecule has 0 fully saturated rings. The summed E-state index contributed by atoms with van der Waals surface area (Å²) < 4.78 is 5.71. The molecule has 0 N–H and O–H groups in total. The van der Waals surface area contributed by atoms with Crippen molar-refractivity contribution in [3.8, 4) is 0 Å². The lowest BCUT2D eigenvalue weighted by atomic mass is 10.1. The van der Waals surface area contributed by atoms with Gasteiger partial charge in [-0.05, 0) is 31.0 Å². The van der Waals surface area contributed by atoms with Crippen LogP contribution in [-0.4, -0.2) is 34.7 Å². The Morgan fingerprint density at radius 1 is 1.00 bits per heavy atom. The molecule has 0 aliphatic rings. The molecular weight excluding hydrogens is 440 g/mol. The third kappa shape index (κ3) is 7.15. The monoisotopic (exact) mass is 474 g/mol. The maximum absolute atomic E-state index is 13.5. The van der Waals surface area contributed by atoms with Gasteiger partial charge in [-0.3, -0.25) is 14.4 Å². The van der Waals surface area contributed by atoms with Gasteiger partial charge in [0.25, 0.3) is 0 Å². The van der Waals surface area contributed by atoms with Crippen LogP contribution in [-0.2, 0) is 22.7 Å². The van der Waals surface area contributed by atoms with Crippen LogP contribution in [0.5, 0.6) is 0 Å². The summed E-state index contributed by atoms with van der Waals surface area (Å²) in [5, 5.41) is 0.494. The number of hydrogen-bond acceptors (Lipinski definition) is 4. The summed E-state index contributed by atoms with van der Waals surface area (Å²) >= 11 is 0. The second-order valence-corrected chi connectivity index (χ2v) is 8.85. The van der Waals surface area contributed by atoms with E-state index in [1.807, 2.05) is 43.3 Å². The van der Waals surface area contributed by atoms with Gasteiger partial charge in [-0.2, -0.15) is 0 Å². The Hall–Kier alpha value is -3.67. The Morgan fingerprint density at radius 2 is 1.77 bits per heavy atom. The Balaban J connectivity index is 1.86. The van der Waals surface area contributed by atoms with Crippen LogP contribution in [0.25, 0.3) is 11.0 Å². The fourth-order valence-corrected chi connectivity index (χ4v) is 3.99. The van der Waals surface area contributed by atoms with Crippen LogP contribution in [0.3, 0.4) is 0 Å². The maximum Gasteiger partial charge on any atom is 0.242 e. The first-order chi connectivity index (χ1) is 16.9. The molecule has 1 heterocycles. The lowest BCUT2D eigenvalue weighted by Crippen LogP contribution is -2.43. The molecule has 0 aliphatic heterocycles. The summed E-state index contributed by atoms with van der Waals surface area (Å²) in [6.07, 6.45) is 6.25. The van der Waals surface area contributed by atoms with E-state index in [0.29, 0.717) is 36.0 Å². The fourth-order valence-electron chi connectivity index (χ4n) is 3.99. The Labute approximate surface area is 206 Å². The summed E-state index contributed by atoms with van der Waals surface area (Å²) in [5.41, 5.74) is 2.66. The Kier molecular flexibility index (Phi) is 9.41. The first-order valence-corrected chi connectivity index (χ1v) is 12.1.